The smallest absolute Gasteiger partial charge is 0.320 e. The van der Waals surface area contributed by atoms with Crippen molar-refractivity contribution in [3.05, 3.63) is 136 Å². The van der Waals surface area contributed by atoms with Crippen LogP contribution in [0.25, 0.3) is 0 Å². The van der Waals surface area contributed by atoms with E-state index in [-0.39, 0.29) is 37.8 Å². The third kappa shape index (κ3) is 9.48. The van der Waals surface area contributed by atoms with E-state index in [1.165, 1.54) is 0 Å². The van der Waals surface area contributed by atoms with Gasteiger partial charge < -0.3 is 20.5 Å². The van der Waals surface area contributed by atoms with Crippen LogP contribution in [0.1, 0.15) is 76.4 Å². The number of hydrogen-bond donors (Lipinski definition) is 5. The third-order valence-corrected chi connectivity index (χ3v) is 9.64. The second-order valence-electron chi connectivity index (χ2n) is 14.7. The van der Waals surface area contributed by atoms with Gasteiger partial charge in [0.25, 0.3) is 0 Å². The summed E-state index contributed by atoms with van der Waals surface area (Å²) in [7, 11) is 0. The predicted molar refractivity (Wildman–Crippen MR) is 213 cm³/mol. The van der Waals surface area contributed by atoms with E-state index in [9.17, 15) is 4.79 Å². The Bertz CT molecular complexity index is 2070. The molecule has 1 aliphatic carbocycles. The van der Waals surface area contributed by atoms with Crippen LogP contribution in [-0.2, 0) is 11.3 Å². The van der Waals surface area contributed by atoms with Crippen molar-refractivity contribution in [2.45, 2.75) is 59.2 Å². The minimum Gasteiger partial charge on any atom is -0.484 e. The Morgan fingerprint density at radius 3 is 2.43 bits per heavy atom. The second kappa shape index (κ2) is 16.4. The second-order valence-corrected chi connectivity index (χ2v) is 14.7. The summed E-state index contributed by atoms with van der Waals surface area (Å²) >= 11 is 0. The van der Waals surface area contributed by atoms with Crippen LogP contribution in [0.2, 0.25) is 0 Å². The molecule has 4 aromatic rings. The average molecular weight is 719 g/mol. The molecule has 6 N–H and O–H groups in total. The SMILES string of the molecule is Cc1ccc(N=C(/C=C(\N)C(C)(C)C)NC(=O)N[C@H]2CC[C@@H](Oc3ccc(=N)n(C(=N)c4ccccc4CN4CCOCC4)c3)c3ccccc32)cc1.[HH].[HH]. The van der Waals surface area contributed by atoms with Gasteiger partial charge in [0.15, 0.2) is 0 Å². The van der Waals surface area contributed by atoms with Crippen molar-refractivity contribution in [3.8, 4) is 5.75 Å². The Kier molecular flexibility index (Phi) is 11.6. The molecule has 0 unspecified atom stereocenters. The van der Waals surface area contributed by atoms with Crippen LogP contribution in [0.15, 0.2) is 108 Å². The first kappa shape index (κ1) is 37.2. The van der Waals surface area contributed by atoms with E-state index in [2.05, 4.69) is 15.5 Å². The summed E-state index contributed by atoms with van der Waals surface area (Å²) < 4.78 is 13.7. The number of carbonyl (C=O) groups is 1. The fourth-order valence-electron chi connectivity index (χ4n) is 6.47. The molecule has 0 saturated carbocycles. The maximum atomic E-state index is 13.5. The first-order chi connectivity index (χ1) is 25.4. The number of fused-ring (bicyclic) bond motifs is 1. The number of aryl methyl sites for hydroxylation is 1. The summed E-state index contributed by atoms with van der Waals surface area (Å²) in [6.45, 7) is 11.9. The Balaban J connectivity index is 0.00000336. The number of nitrogens with one attached hydrogen (secondary N) is 4. The number of amides is 2. The highest BCUT2D eigenvalue weighted by Crippen LogP contribution is 2.38. The van der Waals surface area contributed by atoms with Crippen molar-refractivity contribution in [2.75, 3.05) is 26.3 Å². The largest absolute Gasteiger partial charge is 0.484 e. The monoisotopic (exact) mass is 718 g/mol. The van der Waals surface area contributed by atoms with Gasteiger partial charge in [0.2, 0.25) is 0 Å². The van der Waals surface area contributed by atoms with Crippen LogP contribution < -0.4 is 26.6 Å². The first-order valence-electron chi connectivity index (χ1n) is 18.2. The zero-order chi connectivity index (χ0) is 37.5. The lowest BCUT2D eigenvalue weighted by Gasteiger charge is -2.32. The topological polar surface area (TPSA) is 154 Å². The van der Waals surface area contributed by atoms with Gasteiger partial charge in [-0.15, -0.1) is 0 Å². The maximum absolute atomic E-state index is 13.5. The van der Waals surface area contributed by atoms with E-state index in [0.29, 0.717) is 55.6 Å². The Labute approximate surface area is 314 Å². The summed E-state index contributed by atoms with van der Waals surface area (Å²) in [6.07, 6.45) is 4.44. The highest BCUT2D eigenvalue weighted by molar-refractivity contribution is 6.05. The first-order valence-corrected chi connectivity index (χ1v) is 18.2. The highest BCUT2D eigenvalue weighted by Gasteiger charge is 2.30. The molecule has 11 nitrogen and oxygen atoms in total. The fourth-order valence-corrected chi connectivity index (χ4v) is 6.47. The number of amidine groups is 1. The molecule has 2 atom stereocenters. The highest BCUT2D eigenvalue weighted by atomic mass is 16.5. The number of hydrogen-bond acceptors (Lipinski definition) is 8. The van der Waals surface area contributed by atoms with E-state index in [1.54, 1.807) is 29.0 Å². The van der Waals surface area contributed by atoms with Crippen LogP contribution in [0.3, 0.4) is 0 Å². The van der Waals surface area contributed by atoms with Gasteiger partial charge in [0.1, 0.15) is 29.0 Å². The summed E-state index contributed by atoms with van der Waals surface area (Å²) in [5.41, 5.74) is 12.4. The minimum atomic E-state index is -0.382. The van der Waals surface area contributed by atoms with Crippen molar-refractivity contribution >= 4 is 23.4 Å². The molecule has 2 amide bonds. The van der Waals surface area contributed by atoms with Crippen molar-refractivity contribution in [1.29, 1.82) is 10.8 Å². The zero-order valence-electron chi connectivity index (χ0n) is 31.0. The third-order valence-electron chi connectivity index (χ3n) is 9.64. The number of aromatic nitrogens is 1. The molecular weight excluding hydrogens is 665 g/mol. The summed E-state index contributed by atoms with van der Waals surface area (Å²) in [5, 5.41) is 23.9. The van der Waals surface area contributed by atoms with Crippen molar-refractivity contribution < 1.29 is 17.1 Å². The van der Waals surface area contributed by atoms with E-state index >= 15 is 0 Å². The molecule has 0 spiro atoms. The van der Waals surface area contributed by atoms with Gasteiger partial charge in [-0.1, -0.05) is 87.0 Å². The van der Waals surface area contributed by atoms with E-state index in [1.807, 2.05) is 100 Å². The summed E-state index contributed by atoms with van der Waals surface area (Å²) in [5.74, 6) is 1.12. The Hall–Kier alpha value is -5.52. The Morgan fingerprint density at radius 1 is 1.00 bits per heavy atom. The van der Waals surface area contributed by atoms with Crippen LogP contribution in [-0.4, -0.2) is 53.5 Å². The van der Waals surface area contributed by atoms with Crippen molar-refractivity contribution in [2.24, 2.45) is 16.1 Å². The number of nitrogens with two attached hydrogens (primary N) is 1. The van der Waals surface area contributed by atoms with E-state index < -0.39 is 0 Å². The number of nitrogens with zero attached hydrogens (tertiary/aromatic N) is 3. The minimum absolute atomic E-state index is 0. The lowest BCUT2D eigenvalue weighted by molar-refractivity contribution is 0.0341. The van der Waals surface area contributed by atoms with Gasteiger partial charge >= 0.3 is 6.03 Å². The molecule has 280 valence electrons. The molecule has 3 aromatic carbocycles. The number of pyridine rings is 1. The molecule has 1 fully saturated rings. The maximum Gasteiger partial charge on any atom is 0.320 e. The van der Waals surface area contributed by atoms with Crippen molar-refractivity contribution in [3.63, 3.8) is 0 Å². The zero-order valence-corrected chi connectivity index (χ0v) is 31.0. The molecular formula is C42H54N8O3. The summed E-state index contributed by atoms with van der Waals surface area (Å²) in [6, 6.07) is 26.4. The van der Waals surface area contributed by atoms with Gasteiger partial charge in [-0.05, 0) is 60.7 Å². The number of allylic oxidation sites excluding steroid dienone is 1. The molecule has 0 radical (unpaired) electrons. The molecule has 1 saturated heterocycles. The van der Waals surface area contributed by atoms with Crippen molar-refractivity contribution in [1.82, 2.24) is 20.1 Å². The number of morpholine rings is 1. The van der Waals surface area contributed by atoms with Gasteiger partial charge in [0, 0.05) is 45.2 Å². The Morgan fingerprint density at radius 2 is 1.70 bits per heavy atom. The normalized spacial score (nSPS) is 18.2. The molecule has 1 aliphatic heterocycles. The molecule has 6 rings (SSSR count). The quantitative estimate of drug-likeness (QED) is 0.0953. The lowest BCUT2D eigenvalue weighted by Crippen LogP contribution is -2.42. The van der Waals surface area contributed by atoms with Crippen LogP contribution in [0.4, 0.5) is 10.5 Å². The van der Waals surface area contributed by atoms with E-state index in [0.717, 1.165) is 40.9 Å². The van der Waals surface area contributed by atoms with Gasteiger partial charge in [-0.3, -0.25) is 25.6 Å². The average Bonchev–Trinajstić information content (AvgIpc) is 3.14. The molecule has 2 heterocycles. The standard InChI is InChI=1S/C42H50N8O3.2H2/c1-28-13-15-30(16-14-28)46-39(25-37(43)42(2,3)4)48-41(51)47-35-18-19-36(34-12-8-7-11-33(34)35)53-31-17-20-38(44)50(27-31)40(45)32-10-6-5-9-29(32)26-49-21-23-52-24-22-49;;/h5-17,20,25,27,35-36,44-45H,18-19,21-24,26,43H2,1-4H3,(H2,46,47,48,51);2*1H/b37-25-,44-38?,45-40?;;/t35-,36+;;/m0../s1. The molecule has 2 aliphatic rings. The van der Waals surface area contributed by atoms with Crippen LogP contribution in [0, 0.1) is 23.2 Å². The number of aliphatic imine (C=N–C) groups is 1. The van der Waals surface area contributed by atoms with Crippen LogP contribution in [0.5, 0.6) is 5.75 Å². The molecule has 11 heteroatoms. The summed E-state index contributed by atoms with van der Waals surface area (Å²) in [4.78, 5) is 20.5. The molecule has 0 bridgehead atoms. The fraction of sp³-hybridized carbons (Fsp3) is 0.333. The van der Waals surface area contributed by atoms with Gasteiger partial charge in [-0.2, -0.15) is 0 Å². The number of carbonyl (C=O) groups excluding carboxylic acids is 1. The number of rotatable bonds is 8. The van der Waals surface area contributed by atoms with Gasteiger partial charge in [0.05, 0.1) is 31.1 Å². The lowest BCUT2D eigenvalue weighted by atomic mass is 9.85. The number of ether oxygens (including phenoxy) is 2. The number of benzene rings is 3. The van der Waals surface area contributed by atoms with Crippen LogP contribution >= 0.6 is 0 Å². The molecule has 53 heavy (non-hydrogen) atoms. The van der Waals surface area contributed by atoms with Gasteiger partial charge in [-0.25, -0.2) is 9.79 Å². The predicted octanol–water partition coefficient (Wildman–Crippen LogP) is 7.35. The van der Waals surface area contributed by atoms with E-state index in [4.69, 9.17) is 31.0 Å². The molecule has 1 aromatic heterocycles. The number of urea groups is 1.